The minimum atomic E-state index is -0.548. The number of aromatic nitrogens is 2. The maximum atomic E-state index is 11.6. The summed E-state index contributed by atoms with van der Waals surface area (Å²) >= 11 is 3.53. The number of carbonyl (C=O) groups excluding carboxylic acids is 1. The van der Waals surface area contributed by atoms with Crippen LogP contribution in [-0.2, 0) is 4.74 Å². The number of imidazole rings is 1. The normalized spacial score (nSPS) is 10.8. The van der Waals surface area contributed by atoms with E-state index in [4.69, 9.17) is 5.73 Å². The minimum Gasteiger partial charge on any atom is -0.464 e. The Kier molecular flexibility index (Phi) is 3.39. The van der Waals surface area contributed by atoms with Crippen LogP contribution in [0.4, 0.5) is 5.82 Å². The number of carbonyl (C=O) groups is 1. The number of rotatable bonds is 2. The molecule has 1 aromatic heterocycles. The number of nitrogens with zero attached hydrogens (tertiary/aromatic N) is 2. The van der Waals surface area contributed by atoms with Gasteiger partial charge in [0.1, 0.15) is 12.1 Å². The van der Waals surface area contributed by atoms with E-state index in [0.717, 1.165) is 20.9 Å². The second kappa shape index (κ2) is 5.21. The number of benzene rings is 2. The summed E-state index contributed by atoms with van der Waals surface area (Å²) in [4.78, 5) is 15.7. The van der Waals surface area contributed by atoms with Crippen LogP contribution < -0.4 is 5.73 Å². The van der Waals surface area contributed by atoms with Gasteiger partial charge in [0.15, 0.2) is 5.69 Å². The van der Waals surface area contributed by atoms with E-state index < -0.39 is 5.97 Å². The molecular formula is C15H12BrN3O2. The quantitative estimate of drug-likeness (QED) is 0.724. The third kappa shape index (κ3) is 2.17. The summed E-state index contributed by atoms with van der Waals surface area (Å²) in [5.41, 5.74) is 7.00. The number of hydrogen-bond acceptors (Lipinski definition) is 4. The molecule has 3 rings (SSSR count). The second-order valence-electron chi connectivity index (χ2n) is 4.45. The van der Waals surface area contributed by atoms with Gasteiger partial charge in [-0.25, -0.2) is 9.78 Å². The largest absolute Gasteiger partial charge is 0.464 e. The Labute approximate surface area is 129 Å². The van der Waals surface area contributed by atoms with Crippen molar-refractivity contribution in [2.75, 3.05) is 12.8 Å². The minimum absolute atomic E-state index is 0.115. The van der Waals surface area contributed by atoms with E-state index in [9.17, 15) is 4.79 Å². The number of hydrogen-bond donors (Lipinski definition) is 1. The van der Waals surface area contributed by atoms with Gasteiger partial charge < -0.3 is 10.5 Å². The SMILES string of the molecule is COC(=O)c1ncn(-c2ccc(Br)c3ccccc23)c1N. The summed E-state index contributed by atoms with van der Waals surface area (Å²) in [5, 5.41) is 2.06. The topological polar surface area (TPSA) is 70.1 Å². The second-order valence-corrected chi connectivity index (χ2v) is 5.31. The standard InChI is InChI=1S/C15H12BrN3O2/c1-21-15(20)13-14(17)19(8-18-13)12-7-6-11(16)9-4-2-3-5-10(9)12/h2-8H,17H2,1H3. The molecule has 106 valence electrons. The molecule has 3 aromatic rings. The van der Waals surface area contributed by atoms with Crippen molar-refractivity contribution >= 4 is 38.5 Å². The monoisotopic (exact) mass is 345 g/mol. The van der Waals surface area contributed by atoms with Crippen molar-refractivity contribution in [2.24, 2.45) is 0 Å². The third-order valence-electron chi connectivity index (χ3n) is 3.29. The maximum Gasteiger partial charge on any atom is 0.360 e. The molecular weight excluding hydrogens is 334 g/mol. The molecule has 21 heavy (non-hydrogen) atoms. The zero-order chi connectivity index (χ0) is 15.0. The van der Waals surface area contributed by atoms with Gasteiger partial charge in [-0.05, 0) is 17.5 Å². The van der Waals surface area contributed by atoms with Gasteiger partial charge in [0.25, 0.3) is 0 Å². The lowest BCUT2D eigenvalue weighted by atomic mass is 10.1. The van der Waals surface area contributed by atoms with E-state index >= 15 is 0 Å². The predicted octanol–water partition coefficient (Wildman–Crippen LogP) is 3.16. The van der Waals surface area contributed by atoms with Crippen LogP contribution >= 0.6 is 15.9 Å². The molecule has 0 bridgehead atoms. The molecule has 0 atom stereocenters. The third-order valence-corrected chi connectivity index (χ3v) is 3.98. The summed E-state index contributed by atoms with van der Waals surface area (Å²) < 4.78 is 7.35. The number of ether oxygens (including phenoxy) is 1. The zero-order valence-corrected chi connectivity index (χ0v) is 12.8. The van der Waals surface area contributed by atoms with Crippen molar-refractivity contribution in [3.63, 3.8) is 0 Å². The number of esters is 1. The summed E-state index contributed by atoms with van der Waals surface area (Å²) in [6.07, 6.45) is 1.53. The molecule has 0 aliphatic carbocycles. The van der Waals surface area contributed by atoms with Gasteiger partial charge in [-0.2, -0.15) is 0 Å². The van der Waals surface area contributed by atoms with Gasteiger partial charge >= 0.3 is 5.97 Å². The highest BCUT2D eigenvalue weighted by Crippen LogP contribution is 2.30. The van der Waals surface area contributed by atoms with Crippen LogP contribution in [0.1, 0.15) is 10.5 Å². The van der Waals surface area contributed by atoms with Crippen LogP contribution in [0.2, 0.25) is 0 Å². The zero-order valence-electron chi connectivity index (χ0n) is 11.2. The fourth-order valence-corrected chi connectivity index (χ4v) is 2.74. The highest BCUT2D eigenvalue weighted by molar-refractivity contribution is 9.10. The molecule has 6 heteroatoms. The van der Waals surface area contributed by atoms with Crippen molar-refractivity contribution in [2.45, 2.75) is 0 Å². The first-order valence-corrected chi connectivity index (χ1v) is 7.01. The Balaban J connectivity index is 2.25. The van der Waals surface area contributed by atoms with E-state index in [2.05, 4.69) is 25.7 Å². The molecule has 0 amide bonds. The molecule has 0 saturated carbocycles. The highest BCUT2D eigenvalue weighted by Gasteiger charge is 2.18. The van der Waals surface area contributed by atoms with Crippen LogP contribution in [0.15, 0.2) is 47.2 Å². The van der Waals surface area contributed by atoms with E-state index in [1.807, 2.05) is 36.4 Å². The molecule has 0 spiro atoms. The number of nitrogens with two attached hydrogens (primary N) is 1. The van der Waals surface area contributed by atoms with Crippen molar-refractivity contribution < 1.29 is 9.53 Å². The smallest absolute Gasteiger partial charge is 0.360 e. The lowest BCUT2D eigenvalue weighted by Gasteiger charge is -2.10. The van der Waals surface area contributed by atoms with Crippen molar-refractivity contribution in [1.82, 2.24) is 9.55 Å². The predicted molar refractivity (Wildman–Crippen MR) is 84.5 cm³/mol. The molecule has 0 fully saturated rings. The van der Waals surface area contributed by atoms with Crippen LogP contribution in [0.25, 0.3) is 16.5 Å². The van der Waals surface area contributed by atoms with E-state index in [-0.39, 0.29) is 11.5 Å². The number of halogens is 1. The van der Waals surface area contributed by atoms with Crippen molar-refractivity contribution in [3.8, 4) is 5.69 Å². The molecule has 0 radical (unpaired) electrons. The average molecular weight is 346 g/mol. The van der Waals surface area contributed by atoms with Gasteiger partial charge in [-0.15, -0.1) is 0 Å². The molecule has 5 nitrogen and oxygen atoms in total. The molecule has 2 N–H and O–H groups in total. The van der Waals surface area contributed by atoms with E-state index in [0.29, 0.717) is 0 Å². The lowest BCUT2D eigenvalue weighted by Crippen LogP contribution is -2.07. The van der Waals surface area contributed by atoms with Gasteiger partial charge in [0, 0.05) is 9.86 Å². The first kappa shape index (κ1) is 13.6. The summed E-state index contributed by atoms with van der Waals surface area (Å²) in [7, 11) is 1.30. The highest BCUT2D eigenvalue weighted by atomic mass is 79.9. The fraction of sp³-hybridized carbons (Fsp3) is 0.0667. The Morgan fingerprint density at radius 3 is 2.67 bits per heavy atom. The van der Waals surface area contributed by atoms with Crippen LogP contribution in [-0.4, -0.2) is 22.6 Å². The molecule has 1 heterocycles. The number of anilines is 1. The summed E-state index contributed by atoms with van der Waals surface area (Å²) in [6, 6.07) is 11.8. The van der Waals surface area contributed by atoms with E-state index in [1.165, 1.54) is 13.4 Å². The number of methoxy groups -OCH3 is 1. The van der Waals surface area contributed by atoms with Gasteiger partial charge in [-0.3, -0.25) is 4.57 Å². The molecule has 0 aliphatic heterocycles. The van der Waals surface area contributed by atoms with E-state index in [1.54, 1.807) is 4.57 Å². The van der Waals surface area contributed by atoms with Crippen molar-refractivity contribution in [1.29, 1.82) is 0 Å². The number of nitrogen functional groups attached to an aromatic ring is 1. The fourth-order valence-electron chi connectivity index (χ4n) is 2.26. The Bertz CT molecular complexity index is 842. The van der Waals surface area contributed by atoms with Crippen LogP contribution in [0, 0.1) is 0 Å². The molecule has 0 saturated heterocycles. The Morgan fingerprint density at radius 1 is 1.24 bits per heavy atom. The van der Waals surface area contributed by atoms with Gasteiger partial charge in [-0.1, -0.05) is 40.2 Å². The molecule has 0 unspecified atom stereocenters. The maximum absolute atomic E-state index is 11.6. The molecule has 2 aromatic carbocycles. The summed E-state index contributed by atoms with van der Waals surface area (Å²) in [5.74, 6) is -0.290. The first-order chi connectivity index (χ1) is 10.1. The van der Waals surface area contributed by atoms with Gasteiger partial charge in [0.2, 0.25) is 0 Å². The Hall–Kier alpha value is -2.34. The Morgan fingerprint density at radius 2 is 1.95 bits per heavy atom. The lowest BCUT2D eigenvalue weighted by molar-refractivity contribution is 0.0596. The van der Waals surface area contributed by atoms with Crippen molar-refractivity contribution in [3.05, 3.63) is 52.9 Å². The van der Waals surface area contributed by atoms with Gasteiger partial charge in [0.05, 0.1) is 12.8 Å². The first-order valence-electron chi connectivity index (χ1n) is 6.22. The number of fused-ring (bicyclic) bond motifs is 1. The molecule has 0 aliphatic rings. The van der Waals surface area contributed by atoms with Crippen LogP contribution in [0.5, 0.6) is 0 Å². The average Bonchev–Trinajstić information content (AvgIpc) is 2.89. The summed E-state index contributed by atoms with van der Waals surface area (Å²) in [6.45, 7) is 0. The van der Waals surface area contributed by atoms with Crippen LogP contribution in [0.3, 0.4) is 0 Å².